The largest absolute Gasteiger partial charge is 0.315 e. The fourth-order valence-electron chi connectivity index (χ4n) is 2.85. The van der Waals surface area contributed by atoms with Crippen molar-refractivity contribution >= 4 is 17.6 Å². The summed E-state index contributed by atoms with van der Waals surface area (Å²) in [6.45, 7) is 5.40. The van der Waals surface area contributed by atoms with Crippen LogP contribution in [0, 0.1) is 6.92 Å². The molecule has 1 heterocycles. The first-order valence-electron chi connectivity index (χ1n) is 7.55. The molecule has 0 aromatic heterocycles. The van der Waals surface area contributed by atoms with Crippen LogP contribution in [0.4, 0.5) is 5.69 Å². The number of para-hydroxylation sites is 1. The van der Waals surface area contributed by atoms with E-state index in [1.54, 1.807) is 0 Å². The average molecular weight is 298 g/mol. The van der Waals surface area contributed by atoms with Crippen molar-refractivity contribution in [2.45, 2.75) is 31.2 Å². The van der Waals surface area contributed by atoms with E-state index in [1.165, 1.54) is 27.3 Å². The maximum atomic E-state index is 3.72. The topological polar surface area (TPSA) is 15.3 Å². The van der Waals surface area contributed by atoms with Gasteiger partial charge in [0.05, 0.1) is 11.7 Å². The van der Waals surface area contributed by atoms with E-state index in [9.17, 15) is 0 Å². The molecule has 1 aliphatic heterocycles. The molecule has 3 heteroatoms. The van der Waals surface area contributed by atoms with E-state index in [1.807, 2.05) is 11.9 Å². The maximum Gasteiger partial charge on any atom is 0.0609 e. The quantitative estimate of drug-likeness (QED) is 0.837. The average Bonchev–Trinajstić information content (AvgIpc) is 2.60. The number of nitrogens with zero attached hydrogens (tertiary/aromatic N) is 1. The van der Waals surface area contributed by atoms with Crippen LogP contribution < -0.4 is 9.62 Å². The van der Waals surface area contributed by atoms with Gasteiger partial charge in [-0.05, 0) is 60.7 Å². The molecule has 0 fully saturated rings. The Morgan fingerprint density at radius 1 is 1.14 bits per heavy atom. The second kappa shape index (κ2) is 6.12. The van der Waals surface area contributed by atoms with Crippen molar-refractivity contribution in [3.63, 3.8) is 0 Å². The van der Waals surface area contributed by atoms with Crippen LogP contribution in [0.2, 0.25) is 0 Å². The lowest BCUT2D eigenvalue weighted by Gasteiger charge is -2.22. The van der Waals surface area contributed by atoms with Gasteiger partial charge in [-0.3, -0.25) is 0 Å². The molecule has 2 aromatic carbocycles. The molecule has 1 atom stereocenters. The summed E-state index contributed by atoms with van der Waals surface area (Å²) < 4.78 is 2.28. The van der Waals surface area contributed by atoms with Gasteiger partial charge in [0.2, 0.25) is 0 Å². The van der Waals surface area contributed by atoms with Crippen molar-refractivity contribution in [2.24, 2.45) is 0 Å². The molecule has 0 radical (unpaired) electrons. The molecular weight excluding hydrogens is 276 g/mol. The number of nitrogens with one attached hydrogen (secondary N) is 1. The van der Waals surface area contributed by atoms with E-state index in [-0.39, 0.29) is 6.04 Å². The van der Waals surface area contributed by atoms with Gasteiger partial charge in [-0.15, -0.1) is 0 Å². The second-order valence-corrected chi connectivity index (χ2v) is 6.75. The predicted molar refractivity (Wildman–Crippen MR) is 92.0 cm³/mol. The Bertz CT molecular complexity index is 639. The third-order valence-electron chi connectivity index (χ3n) is 3.90. The highest BCUT2D eigenvalue weighted by Crippen LogP contribution is 2.43. The summed E-state index contributed by atoms with van der Waals surface area (Å²) in [6.07, 6.45) is 1.14. The molecule has 3 rings (SSSR count). The first-order valence-corrected chi connectivity index (χ1v) is 8.32. The molecule has 1 unspecified atom stereocenters. The van der Waals surface area contributed by atoms with Gasteiger partial charge in [0, 0.05) is 11.9 Å². The lowest BCUT2D eigenvalue weighted by Crippen LogP contribution is -2.23. The summed E-state index contributed by atoms with van der Waals surface area (Å²) in [6, 6.07) is 15.8. The Morgan fingerprint density at radius 3 is 2.76 bits per heavy atom. The van der Waals surface area contributed by atoms with Crippen LogP contribution >= 0.6 is 11.9 Å². The Balaban J connectivity index is 2.14. The monoisotopic (exact) mass is 298 g/mol. The summed E-state index contributed by atoms with van der Waals surface area (Å²) in [5.41, 5.74) is 5.36. The Kier molecular flexibility index (Phi) is 4.22. The van der Waals surface area contributed by atoms with Crippen LogP contribution in [0.1, 0.15) is 36.1 Å². The Labute approximate surface area is 131 Å². The van der Waals surface area contributed by atoms with E-state index >= 15 is 0 Å². The van der Waals surface area contributed by atoms with E-state index in [0.29, 0.717) is 0 Å². The van der Waals surface area contributed by atoms with E-state index in [4.69, 9.17) is 0 Å². The smallest absolute Gasteiger partial charge is 0.0609 e. The fraction of sp³-hybridized carbons (Fsp3) is 0.333. The van der Waals surface area contributed by atoms with Gasteiger partial charge in [-0.2, -0.15) is 0 Å². The number of rotatable bonds is 3. The summed E-state index contributed by atoms with van der Waals surface area (Å²) >= 11 is 1.82. The number of aryl methyl sites for hydroxylation is 1. The van der Waals surface area contributed by atoms with Crippen LogP contribution in [0.25, 0.3) is 0 Å². The third kappa shape index (κ3) is 2.81. The van der Waals surface area contributed by atoms with Crippen molar-refractivity contribution in [1.29, 1.82) is 0 Å². The van der Waals surface area contributed by atoms with Crippen LogP contribution in [-0.4, -0.2) is 13.6 Å². The van der Waals surface area contributed by atoms with Gasteiger partial charge in [-0.1, -0.05) is 37.3 Å². The zero-order chi connectivity index (χ0) is 14.8. The molecule has 0 aliphatic carbocycles. The summed E-state index contributed by atoms with van der Waals surface area (Å²) in [5.74, 6) is 0. The number of anilines is 1. The number of fused-ring (bicyclic) bond motifs is 2. The first-order chi connectivity index (χ1) is 10.2. The number of hydrogen-bond acceptors (Lipinski definition) is 3. The number of hydrogen-bond donors (Lipinski definition) is 1. The van der Waals surface area contributed by atoms with E-state index in [0.717, 1.165) is 13.0 Å². The molecule has 1 N–H and O–H groups in total. The van der Waals surface area contributed by atoms with Crippen LogP contribution in [0.5, 0.6) is 0 Å². The molecule has 0 spiro atoms. The van der Waals surface area contributed by atoms with Crippen LogP contribution in [0.3, 0.4) is 0 Å². The van der Waals surface area contributed by atoms with Gasteiger partial charge < -0.3 is 9.62 Å². The molecule has 21 heavy (non-hydrogen) atoms. The van der Waals surface area contributed by atoms with E-state index < -0.39 is 0 Å². The van der Waals surface area contributed by atoms with Crippen LogP contribution in [0.15, 0.2) is 47.4 Å². The predicted octanol–water partition coefficient (Wildman–Crippen LogP) is 4.54. The van der Waals surface area contributed by atoms with Crippen molar-refractivity contribution in [3.8, 4) is 0 Å². The van der Waals surface area contributed by atoms with Crippen LogP contribution in [-0.2, 0) is 0 Å². The Hall–Kier alpha value is -1.45. The second-order valence-electron chi connectivity index (χ2n) is 5.58. The van der Waals surface area contributed by atoms with Crippen molar-refractivity contribution in [3.05, 3.63) is 59.2 Å². The molecule has 2 nitrogen and oxygen atoms in total. The fourth-order valence-corrected chi connectivity index (χ4v) is 3.94. The zero-order valence-corrected chi connectivity index (χ0v) is 13.7. The Morgan fingerprint density at radius 2 is 1.95 bits per heavy atom. The minimum absolute atomic E-state index is 0.272. The summed E-state index contributed by atoms with van der Waals surface area (Å²) in [5, 5.41) is 3.72. The standard InChI is InChI=1S/C18H22N2S/c1-4-11-19-18-14-7-5-6-8-16(14)20(3)21-17-12-13(2)9-10-15(17)18/h5-10,12,18-19H,4,11H2,1-3H3. The minimum atomic E-state index is 0.272. The highest BCUT2D eigenvalue weighted by molar-refractivity contribution is 8.00. The zero-order valence-electron chi connectivity index (χ0n) is 12.9. The van der Waals surface area contributed by atoms with Gasteiger partial charge in [0.25, 0.3) is 0 Å². The van der Waals surface area contributed by atoms with Crippen molar-refractivity contribution in [1.82, 2.24) is 5.32 Å². The van der Waals surface area contributed by atoms with Gasteiger partial charge in [0.15, 0.2) is 0 Å². The van der Waals surface area contributed by atoms with Gasteiger partial charge in [0.1, 0.15) is 0 Å². The molecule has 1 aliphatic rings. The summed E-state index contributed by atoms with van der Waals surface area (Å²) in [4.78, 5) is 1.35. The molecule has 0 saturated carbocycles. The highest BCUT2D eigenvalue weighted by Gasteiger charge is 2.25. The lowest BCUT2D eigenvalue weighted by atomic mass is 9.96. The third-order valence-corrected chi connectivity index (χ3v) is 4.92. The van der Waals surface area contributed by atoms with Crippen molar-refractivity contribution in [2.75, 3.05) is 17.9 Å². The molecule has 0 amide bonds. The molecule has 110 valence electrons. The SMILES string of the molecule is CCCNC1c2ccc(C)cc2SN(C)c2ccccc21. The maximum absolute atomic E-state index is 3.72. The molecular formula is C18H22N2S. The number of benzene rings is 2. The summed E-state index contributed by atoms with van der Waals surface area (Å²) in [7, 11) is 2.15. The minimum Gasteiger partial charge on any atom is -0.315 e. The highest BCUT2D eigenvalue weighted by atomic mass is 32.2. The first kappa shape index (κ1) is 14.5. The van der Waals surface area contributed by atoms with E-state index in [2.05, 4.69) is 73.0 Å². The van der Waals surface area contributed by atoms with Gasteiger partial charge in [-0.25, -0.2) is 0 Å². The van der Waals surface area contributed by atoms with Gasteiger partial charge >= 0.3 is 0 Å². The lowest BCUT2D eigenvalue weighted by molar-refractivity contribution is 0.593. The van der Waals surface area contributed by atoms with Crippen molar-refractivity contribution < 1.29 is 0 Å². The molecule has 2 aromatic rings. The normalized spacial score (nSPS) is 17.1. The molecule has 0 saturated heterocycles. The molecule has 0 bridgehead atoms.